The number of hydrogen-bond donors (Lipinski definition) is 3. The molecule has 0 saturated heterocycles. The van der Waals surface area contributed by atoms with Gasteiger partial charge in [-0.05, 0) is 49.1 Å². The lowest BCUT2D eigenvalue weighted by Gasteiger charge is -2.20. The van der Waals surface area contributed by atoms with Gasteiger partial charge in [-0.2, -0.15) is 0 Å². The lowest BCUT2D eigenvalue weighted by atomic mass is 10.1. The van der Waals surface area contributed by atoms with Crippen LogP contribution in [0, 0.1) is 5.92 Å². The summed E-state index contributed by atoms with van der Waals surface area (Å²) in [4.78, 5) is 5.53. The molecule has 3 atom stereocenters. The van der Waals surface area contributed by atoms with Crippen molar-refractivity contribution < 1.29 is 5.11 Å². The third kappa shape index (κ3) is 4.83. The first kappa shape index (κ1) is 18.0. The highest BCUT2D eigenvalue weighted by Gasteiger charge is 2.37. The summed E-state index contributed by atoms with van der Waals surface area (Å²) < 4.78 is 0. The maximum Gasteiger partial charge on any atom is 0.191 e. The Morgan fingerprint density at radius 2 is 2.04 bits per heavy atom. The van der Waals surface area contributed by atoms with Crippen LogP contribution in [0.25, 0.3) is 0 Å². The van der Waals surface area contributed by atoms with Gasteiger partial charge in [0.05, 0.1) is 6.54 Å². The maximum absolute atomic E-state index is 10.6. The molecule has 0 aliphatic heterocycles. The van der Waals surface area contributed by atoms with Gasteiger partial charge in [0.2, 0.25) is 0 Å². The van der Waals surface area contributed by atoms with Crippen LogP contribution in [0.3, 0.4) is 0 Å². The summed E-state index contributed by atoms with van der Waals surface area (Å²) >= 11 is 1.56. The topological polar surface area (TPSA) is 56.7 Å². The average molecular weight is 358 g/mol. The second kappa shape index (κ2) is 8.02. The van der Waals surface area contributed by atoms with Gasteiger partial charge in [-0.15, -0.1) is 11.3 Å². The Bertz CT molecular complexity index is 682. The van der Waals surface area contributed by atoms with Gasteiger partial charge in [0, 0.05) is 18.0 Å². The van der Waals surface area contributed by atoms with Gasteiger partial charge < -0.3 is 15.7 Å². The van der Waals surface area contributed by atoms with E-state index in [0.717, 1.165) is 23.9 Å². The molecular weight excluding hydrogens is 330 g/mol. The van der Waals surface area contributed by atoms with Gasteiger partial charge in [0.25, 0.3) is 0 Å². The summed E-state index contributed by atoms with van der Waals surface area (Å²) in [5.41, 5.74) is 0.500. The van der Waals surface area contributed by atoms with Gasteiger partial charge in [0.15, 0.2) is 5.96 Å². The summed E-state index contributed by atoms with van der Waals surface area (Å²) in [6.07, 6.45) is 1.23. The fraction of sp³-hybridized carbons (Fsp3) is 0.450. The summed E-state index contributed by atoms with van der Waals surface area (Å²) in [5, 5.41) is 19.3. The number of benzene rings is 1. The number of aliphatic hydroxyl groups is 1. The highest BCUT2D eigenvalue weighted by molar-refractivity contribution is 7.10. The lowest BCUT2D eigenvalue weighted by Crippen LogP contribution is -2.39. The molecule has 2 aromatic rings. The monoisotopic (exact) mass is 357 g/mol. The number of aliphatic imine (C=N–C) groups is 1. The summed E-state index contributed by atoms with van der Waals surface area (Å²) in [6, 6.07) is 14.6. The summed E-state index contributed by atoms with van der Waals surface area (Å²) in [6.45, 7) is 5.93. The molecule has 1 heterocycles. The van der Waals surface area contributed by atoms with Gasteiger partial charge in [0.1, 0.15) is 5.60 Å². The Labute approximate surface area is 154 Å². The van der Waals surface area contributed by atoms with Crippen molar-refractivity contribution in [1.29, 1.82) is 0 Å². The number of hydrogen-bond acceptors (Lipinski definition) is 3. The Hall–Kier alpha value is -1.85. The Morgan fingerprint density at radius 3 is 2.72 bits per heavy atom. The third-order valence-electron chi connectivity index (χ3n) is 4.62. The minimum absolute atomic E-state index is 0.343. The van der Waals surface area contributed by atoms with Gasteiger partial charge in [-0.1, -0.05) is 36.4 Å². The number of nitrogens with zero attached hydrogens (tertiary/aromatic N) is 1. The molecular formula is C20H27N3OS. The molecule has 1 aromatic carbocycles. The maximum atomic E-state index is 10.6. The molecule has 5 heteroatoms. The van der Waals surface area contributed by atoms with Crippen LogP contribution in [-0.4, -0.2) is 30.7 Å². The quantitative estimate of drug-likeness (QED) is 0.526. The van der Waals surface area contributed by atoms with Crippen LogP contribution in [-0.2, 0) is 5.60 Å². The van der Waals surface area contributed by atoms with E-state index in [0.29, 0.717) is 18.4 Å². The second-order valence-corrected chi connectivity index (χ2v) is 7.79. The SMILES string of the molecule is CCNC(=NCC(C)(O)c1cccs1)NCC1CC1c1ccccc1. The minimum atomic E-state index is -0.928. The van der Waals surface area contributed by atoms with Crippen molar-refractivity contribution >= 4 is 17.3 Å². The molecule has 25 heavy (non-hydrogen) atoms. The van der Waals surface area contributed by atoms with Gasteiger partial charge in [-0.25, -0.2) is 4.99 Å². The van der Waals surface area contributed by atoms with Gasteiger partial charge in [-0.3, -0.25) is 0 Å². The summed E-state index contributed by atoms with van der Waals surface area (Å²) in [5.74, 6) is 2.09. The molecule has 0 bridgehead atoms. The van der Waals surface area contributed by atoms with Crippen LogP contribution in [0.2, 0.25) is 0 Å². The first-order chi connectivity index (χ1) is 12.1. The molecule has 1 aromatic heterocycles. The first-order valence-corrected chi connectivity index (χ1v) is 9.81. The fourth-order valence-electron chi connectivity index (χ4n) is 3.05. The number of thiophene rings is 1. The van der Waals surface area contributed by atoms with E-state index in [2.05, 4.69) is 52.9 Å². The van der Waals surface area contributed by atoms with Crippen molar-refractivity contribution in [3.63, 3.8) is 0 Å². The van der Waals surface area contributed by atoms with E-state index >= 15 is 0 Å². The minimum Gasteiger partial charge on any atom is -0.383 e. The molecule has 4 nitrogen and oxygen atoms in total. The molecule has 3 rings (SSSR count). The van der Waals surface area contributed by atoms with Crippen molar-refractivity contribution in [3.05, 3.63) is 58.3 Å². The van der Waals surface area contributed by atoms with Crippen molar-refractivity contribution in [3.8, 4) is 0 Å². The van der Waals surface area contributed by atoms with E-state index in [1.54, 1.807) is 11.3 Å². The summed E-state index contributed by atoms with van der Waals surface area (Å²) in [7, 11) is 0. The molecule has 1 aliphatic carbocycles. The van der Waals surface area contributed by atoms with E-state index in [9.17, 15) is 5.11 Å². The average Bonchev–Trinajstić information content (AvgIpc) is 3.17. The highest BCUT2D eigenvalue weighted by Crippen LogP contribution is 2.46. The van der Waals surface area contributed by atoms with Crippen molar-refractivity contribution in [2.75, 3.05) is 19.6 Å². The number of rotatable bonds is 7. The van der Waals surface area contributed by atoms with E-state index in [1.165, 1.54) is 12.0 Å². The van der Waals surface area contributed by atoms with Gasteiger partial charge >= 0.3 is 0 Å². The first-order valence-electron chi connectivity index (χ1n) is 8.93. The predicted molar refractivity (Wildman–Crippen MR) is 105 cm³/mol. The zero-order valence-electron chi connectivity index (χ0n) is 14.9. The van der Waals surface area contributed by atoms with Crippen LogP contribution in [0.5, 0.6) is 0 Å². The largest absolute Gasteiger partial charge is 0.383 e. The molecule has 1 saturated carbocycles. The molecule has 0 amide bonds. The van der Waals surface area contributed by atoms with Crippen LogP contribution in [0.1, 0.15) is 36.6 Å². The van der Waals surface area contributed by atoms with Crippen molar-refractivity contribution in [2.45, 2.75) is 31.8 Å². The number of nitrogens with one attached hydrogen (secondary N) is 2. The Kier molecular flexibility index (Phi) is 5.76. The Balaban J connectivity index is 1.53. The molecule has 0 radical (unpaired) electrons. The predicted octanol–water partition coefficient (Wildman–Crippen LogP) is 3.31. The smallest absolute Gasteiger partial charge is 0.191 e. The normalized spacial score (nSPS) is 22.3. The second-order valence-electron chi connectivity index (χ2n) is 6.84. The van der Waals surface area contributed by atoms with Crippen LogP contribution in [0.15, 0.2) is 52.8 Å². The van der Waals surface area contributed by atoms with E-state index in [4.69, 9.17) is 0 Å². The molecule has 3 unspecified atom stereocenters. The Morgan fingerprint density at radius 1 is 1.24 bits per heavy atom. The van der Waals surface area contributed by atoms with E-state index < -0.39 is 5.60 Å². The van der Waals surface area contributed by atoms with Crippen LogP contribution in [0.4, 0.5) is 0 Å². The molecule has 0 spiro atoms. The zero-order chi connectivity index (χ0) is 17.7. The lowest BCUT2D eigenvalue weighted by molar-refractivity contribution is 0.0711. The standard InChI is InChI=1S/C20H27N3OS/c1-3-21-19(23-14-20(2,24)18-10-7-11-25-18)22-13-16-12-17(16)15-8-5-4-6-9-15/h4-11,16-17,24H,3,12-14H2,1-2H3,(H2,21,22,23). The molecule has 3 N–H and O–H groups in total. The third-order valence-corrected chi connectivity index (χ3v) is 5.75. The fourth-order valence-corrected chi connectivity index (χ4v) is 3.83. The van der Waals surface area contributed by atoms with Crippen LogP contribution < -0.4 is 10.6 Å². The molecule has 1 aliphatic rings. The highest BCUT2D eigenvalue weighted by atomic mass is 32.1. The zero-order valence-corrected chi connectivity index (χ0v) is 15.7. The van der Waals surface area contributed by atoms with E-state index in [-0.39, 0.29) is 0 Å². The van der Waals surface area contributed by atoms with E-state index in [1.807, 2.05) is 24.4 Å². The molecule has 1 fully saturated rings. The number of guanidine groups is 1. The van der Waals surface area contributed by atoms with Crippen LogP contribution >= 0.6 is 11.3 Å². The van der Waals surface area contributed by atoms with Crippen molar-refractivity contribution in [2.24, 2.45) is 10.9 Å². The molecule has 134 valence electrons. The van der Waals surface area contributed by atoms with Crippen molar-refractivity contribution in [1.82, 2.24) is 10.6 Å².